The van der Waals surface area contributed by atoms with Crippen LogP contribution < -0.4 is 11.1 Å². The molecule has 1 aromatic rings. The standard InChI is InChI=1S/C13H20N2O/c1-5-13(4,14)12(16)15-11-9(2)7-6-8-10(11)3/h6-8H,5,14H2,1-4H3,(H,15,16). The zero-order chi connectivity index (χ0) is 12.3. The molecule has 0 spiro atoms. The van der Waals surface area contributed by atoms with Crippen molar-refractivity contribution in [3.8, 4) is 0 Å². The van der Waals surface area contributed by atoms with Gasteiger partial charge in [0.05, 0.1) is 5.54 Å². The molecule has 1 amide bonds. The molecular weight excluding hydrogens is 200 g/mol. The van der Waals surface area contributed by atoms with Gasteiger partial charge in [0.15, 0.2) is 0 Å². The highest BCUT2D eigenvalue weighted by molar-refractivity contribution is 5.98. The fourth-order valence-electron chi connectivity index (χ4n) is 1.43. The lowest BCUT2D eigenvalue weighted by Crippen LogP contribution is -2.48. The zero-order valence-corrected chi connectivity index (χ0v) is 10.4. The first-order chi connectivity index (χ1) is 7.38. The van der Waals surface area contributed by atoms with E-state index < -0.39 is 5.54 Å². The van der Waals surface area contributed by atoms with E-state index in [9.17, 15) is 4.79 Å². The van der Waals surface area contributed by atoms with E-state index in [0.29, 0.717) is 6.42 Å². The van der Waals surface area contributed by atoms with Gasteiger partial charge in [-0.1, -0.05) is 25.1 Å². The van der Waals surface area contributed by atoms with Crippen molar-refractivity contribution in [3.63, 3.8) is 0 Å². The summed E-state index contributed by atoms with van der Waals surface area (Å²) in [5, 5.41) is 2.91. The van der Waals surface area contributed by atoms with Gasteiger partial charge in [0.25, 0.3) is 0 Å². The van der Waals surface area contributed by atoms with Crippen molar-refractivity contribution in [2.45, 2.75) is 39.7 Å². The van der Waals surface area contributed by atoms with E-state index in [1.54, 1.807) is 6.92 Å². The van der Waals surface area contributed by atoms with Crippen LogP contribution in [0.5, 0.6) is 0 Å². The van der Waals surface area contributed by atoms with Crippen LogP contribution in [0.25, 0.3) is 0 Å². The number of para-hydroxylation sites is 1. The van der Waals surface area contributed by atoms with Crippen LogP contribution in [-0.2, 0) is 4.79 Å². The molecule has 16 heavy (non-hydrogen) atoms. The molecule has 0 aliphatic heterocycles. The Morgan fingerprint density at radius 1 is 1.38 bits per heavy atom. The van der Waals surface area contributed by atoms with Crippen molar-refractivity contribution in [1.82, 2.24) is 0 Å². The molecule has 0 aliphatic carbocycles. The van der Waals surface area contributed by atoms with Gasteiger partial charge in [-0.25, -0.2) is 0 Å². The Bertz CT molecular complexity index is 377. The van der Waals surface area contributed by atoms with Gasteiger partial charge in [-0.15, -0.1) is 0 Å². The van der Waals surface area contributed by atoms with Crippen LogP contribution in [0.1, 0.15) is 31.4 Å². The van der Waals surface area contributed by atoms with Gasteiger partial charge < -0.3 is 11.1 Å². The normalized spacial score (nSPS) is 14.3. The van der Waals surface area contributed by atoms with E-state index in [1.165, 1.54) is 0 Å². The molecule has 0 bridgehead atoms. The van der Waals surface area contributed by atoms with Gasteiger partial charge >= 0.3 is 0 Å². The molecule has 0 aliphatic rings. The van der Waals surface area contributed by atoms with E-state index in [1.807, 2.05) is 39.0 Å². The van der Waals surface area contributed by atoms with Crippen LogP contribution in [0, 0.1) is 13.8 Å². The summed E-state index contributed by atoms with van der Waals surface area (Å²) in [6.45, 7) is 7.60. The number of benzene rings is 1. The second-order valence-electron chi connectivity index (χ2n) is 4.49. The van der Waals surface area contributed by atoms with Crippen LogP contribution in [0.3, 0.4) is 0 Å². The van der Waals surface area contributed by atoms with Gasteiger partial charge in [0, 0.05) is 5.69 Å². The summed E-state index contributed by atoms with van der Waals surface area (Å²) in [4.78, 5) is 11.9. The minimum atomic E-state index is -0.811. The molecule has 0 fully saturated rings. The van der Waals surface area contributed by atoms with Crippen LogP contribution in [0.2, 0.25) is 0 Å². The number of anilines is 1. The largest absolute Gasteiger partial charge is 0.324 e. The third kappa shape index (κ3) is 2.61. The molecule has 3 heteroatoms. The van der Waals surface area contributed by atoms with Crippen LogP contribution in [0.4, 0.5) is 5.69 Å². The highest BCUT2D eigenvalue weighted by Crippen LogP contribution is 2.20. The third-order valence-electron chi connectivity index (χ3n) is 2.97. The van der Waals surface area contributed by atoms with E-state index >= 15 is 0 Å². The van der Waals surface area contributed by atoms with Crippen molar-refractivity contribution in [3.05, 3.63) is 29.3 Å². The topological polar surface area (TPSA) is 55.1 Å². The van der Waals surface area contributed by atoms with Crippen LogP contribution in [-0.4, -0.2) is 11.4 Å². The minimum Gasteiger partial charge on any atom is -0.324 e. The average Bonchev–Trinajstić information content (AvgIpc) is 2.23. The number of hydrogen-bond donors (Lipinski definition) is 2. The number of carbonyl (C=O) groups excluding carboxylic acids is 1. The van der Waals surface area contributed by atoms with Gasteiger partial charge in [0.2, 0.25) is 5.91 Å². The Kier molecular flexibility index (Phi) is 3.70. The monoisotopic (exact) mass is 220 g/mol. The van der Waals surface area contributed by atoms with E-state index in [-0.39, 0.29) is 5.91 Å². The Hall–Kier alpha value is -1.35. The molecule has 0 radical (unpaired) electrons. The molecule has 0 saturated carbocycles. The smallest absolute Gasteiger partial charge is 0.244 e. The fraction of sp³-hybridized carbons (Fsp3) is 0.462. The molecule has 1 unspecified atom stereocenters. The van der Waals surface area contributed by atoms with Crippen molar-refractivity contribution < 1.29 is 4.79 Å². The summed E-state index contributed by atoms with van der Waals surface area (Å²) in [5.41, 5.74) is 8.07. The molecule has 1 aromatic carbocycles. The molecule has 1 atom stereocenters. The molecule has 0 saturated heterocycles. The number of nitrogens with two attached hydrogens (primary N) is 1. The average molecular weight is 220 g/mol. The van der Waals surface area contributed by atoms with Gasteiger partial charge in [0.1, 0.15) is 0 Å². The lowest BCUT2D eigenvalue weighted by atomic mass is 9.98. The SMILES string of the molecule is CCC(C)(N)C(=O)Nc1c(C)cccc1C. The Morgan fingerprint density at radius 2 is 1.88 bits per heavy atom. The zero-order valence-electron chi connectivity index (χ0n) is 10.4. The lowest BCUT2D eigenvalue weighted by molar-refractivity contribution is -0.120. The molecule has 0 aromatic heterocycles. The van der Waals surface area contributed by atoms with E-state index in [2.05, 4.69) is 5.32 Å². The van der Waals surface area contributed by atoms with Crippen LogP contribution >= 0.6 is 0 Å². The molecule has 88 valence electrons. The predicted molar refractivity (Wildman–Crippen MR) is 67.4 cm³/mol. The van der Waals surface area contributed by atoms with Crippen molar-refractivity contribution in [2.24, 2.45) is 5.73 Å². The second-order valence-corrected chi connectivity index (χ2v) is 4.49. The number of nitrogens with one attached hydrogen (secondary N) is 1. The Balaban J connectivity index is 2.94. The van der Waals surface area contributed by atoms with Gasteiger partial charge in [-0.3, -0.25) is 4.79 Å². The maximum atomic E-state index is 11.9. The fourth-order valence-corrected chi connectivity index (χ4v) is 1.43. The number of amides is 1. The molecule has 3 nitrogen and oxygen atoms in total. The van der Waals surface area contributed by atoms with E-state index in [4.69, 9.17) is 5.73 Å². The Labute approximate surface area is 97.0 Å². The first-order valence-corrected chi connectivity index (χ1v) is 5.55. The summed E-state index contributed by atoms with van der Waals surface area (Å²) in [6.07, 6.45) is 0.615. The highest BCUT2D eigenvalue weighted by atomic mass is 16.2. The maximum absolute atomic E-state index is 11.9. The summed E-state index contributed by atoms with van der Waals surface area (Å²) in [7, 11) is 0. The lowest BCUT2D eigenvalue weighted by Gasteiger charge is -2.23. The van der Waals surface area contributed by atoms with E-state index in [0.717, 1.165) is 16.8 Å². The molecule has 1 rings (SSSR count). The number of aryl methyl sites for hydroxylation is 2. The van der Waals surface area contributed by atoms with Crippen molar-refractivity contribution in [1.29, 1.82) is 0 Å². The molecule has 0 heterocycles. The molecule has 3 N–H and O–H groups in total. The number of rotatable bonds is 3. The minimum absolute atomic E-state index is 0.132. The first-order valence-electron chi connectivity index (χ1n) is 5.55. The quantitative estimate of drug-likeness (QED) is 0.821. The number of hydrogen-bond acceptors (Lipinski definition) is 2. The van der Waals surface area contributed by atoms with Crippen molar-refractivity contribution >= 4 is 11.6 Å². The predicted octanol–water partition coefficient (Wildman–Crippen LogP) is 2.37. The van der Waals surface area contributed by atoms with Crippen LogP contribution in [0.15, 0.2) is 18.2 Å². The Morgan fingerprint density at radius 3 is 2.31 bits per heavy atom. The van der Waals surface area contributed by atoms with Gasteiger partial charge in [-0.05, 0) is 38.3 Å². The molecular formula is C13H20N2O. The second kappa shape index (κ2) is 4.66. The summed E-state index contributed by atoms with van der Waals surface area (Å²) < 4.78 is 0. The number of carbonyl (C=O) groups is 1. The summed E-state index contributed by atoms with van der Waals surface area (Å²) in [6, 6.07) is 5.92. The van der Waals surface area contributed by atoms with Gasteiger partial charge in [-0.2, -0.15) is 0 Å². The summed E-state index contributed by atoms with van der Waals surface area (Å²) >= 11 is 0. The maximum Gasteiger partial charge on any atom is 0.244 e. The summed E-state index contributed by atoms with van der Waals surface area (Å²) in [5.74, 6) is -0.132. The third-order valence-corrected chi connectivity index (χ3v) is 2.97. The van der Waals surface area contributed by atoms with Crippen molar-refractivity contribution in [2.75, 3.05) is 5.32 Å². The first kappa shape index (κ1) is 12.7. The highest BCUT2D eigenvalue weighted by Gasteiger charge is 2.26.